The molecular weight excluding hydrogens is 352 g/mol. The molecule has 4 rings (SSSR count). The molecule has 0 radical (unpaired) electrons. The summed E-state index contributed by atoms with van der Waals surface area (Å²) in [6.45, 7) is 0.516. The molecule has 0 N–H and O–H groups in total. The van der Waals surface area contributed by atoms with Gasteiger partial charge in [0, 0.05) is 19.8 Å². The smallest absolute Gasteiger partial charge is 0.328 e. The monoisotopic (exact) mass is 372 g/mol. The van der Waals surface area contributed by atoms with Gasteiger partial charge in [0.2, 0.25) is 0 Å². The predicted octanol–water partition coefficient (Wildman–Crippen LogP) is 2.32. The number of rotatable bonds is 4. The van der Waals surface area contributed by atoms with E-state index < -0.39 is 0 Å². The summed E-state index contributed by atoms with van der Waals surface area (Å²) in [5.41, 5.74) is 2.97. The van der Waals surface area contributed by atoms with Crippen LogP contribution < -0.4 is 11.2 Å². The lowest BCUT2D eigenvalue weighted by Crippen LogP contribution is -2.27. The molecule has 0 bridgehead atoms. The Morgan fingerprint density at radius 1 is 0.893 bits per heavy atom. The number of amides is 1. The van der Waals surface area contributed by atoms with Gasteiger partial charge in [-0.25, -0.2) is 4.79 Å². The number of carbonyl (C=O) groups is 1. The van der Waals surface area contributed by atoms with Gasteiger partial charge in [-0.15, -0.1) is 0 Å². The first-order valence-corrected chi connectivity index (χ1v) is 9.05. The summed E-state index contributed by atoms with van der Waals surface area (Å²) < 4.78 is 4.92. The highest BCUT2D eigenvalue weighted by atomic mass is 16.2. The molecule has 2 aromatic carbocycles. The second kappa shape index (κ2) is 7.52. The average molecular weight is 372 g/mol. The lowest BCUT2D eigenvalue weighted by molar-refractivity contribution is -0.118. The Labute approximate surface area is 161 Å². The van der Waals surface area contributed by atoms with E-state index in [4.69, 9.17) is 0 Å². The minimum Gasteiger partial charge on any atom is -0.328 e. The Morgan fingerprint density at radius 3 is 2.36 bits per heavy atom. The van der Waals surface area contributed by atoms with Gasteiger partial charge in [0.05, 0.1) is 11.0 Å². The maximum Gasteiger partial charge on any atom is 0.329 e. The molecule has 6 nitrogen and oxygen atoms in total. The maximum absolute atomic E-state index is 12.6. The zero-order chi connectivity index (χ0) is 19.5. The summed E-state index contributed by atoms with van der Waals surface area (Å²) in [6.07, 6.45) is 1.89. The number of fused-ring (bicyclic) bond motifs is 1. The summed E-state index contributed by atoms with van der Waals surface area (Å²) in [5.74, 6) is -0.369. The minimum atomic E-state index is -0.369. The topological polar surface area (TPSA) is 61.3 Å². The summed E-state index contributed by atoms with van der Waals surface area (Å²) in [6, 6.07) is 23.0. The Morgan fingerprint density at radius 2 is 1.57 bits per heavy atom. The molecule has 0 aliphatic carbocycles. The SMILES string of the molecule is Cn1c(=O)n(CC(=O)N=c2ccccn2Cc2ccccc2)c2ccccc21. The van der Waals surface area contributed by atoms with Crippen LogP contribution in [0.5, 0.6) is 0 Å². The number of imidazole rings is 1. The van der Waals surface area contributed by atoms with Crippen molar-refractivity contribution in [3.63, 3.8) is 0 Å². The summed E-state index contributed by atoms with van der Waals surface area (Å²) in [7, 11) is 1.70. The minimum absolute atomic E-state index is 0.0968. The van der Waals surface area contributed by atoms with Crippen molar-refractivity contribution < 1.29 is 4.79 Å². The van der Waals surface area contributed by atoms with Crippen molar-refractivity contribution in [2.24, 2.45) is 12.0 Å². The molecule has 0 fully saturated rings. The van der Waals surface area contributed by atoms with E-state index in [0.717, 1.165) is 16.6 Å². The van der Waals surface area contributed by atoms with Gasteiger partial charge >= 0.3 is 5.69 Å². The van der Waals surface area contributed by atoms with Crippen molar-refractivity contribution in [2.75, 3.05) is 0 Å². The number of aromatic nitrogens is 3. The lowest BCUT2D eigenvalue weighted by atomic mass is 10.2. The third-order valence-corrected chi connectivity index (χ3v) is 4.70. The van der Waals surface area contributed by atoms with Gasteiger partial charge in [-0.2, -0.15) is 4.99 Å². The van der Waals surface area contributed by atoms with E-state index in [9.17, 15) is 9.59 Å². The van der Waals surface area contributed by atoms with Crippen molar-refractivity contribution in [1.29, 1.82) is 0 Å². The first kappa shape index (κ1) is 17.7. The number of hydrogen-bond donors (Lipinski definition) is 0. The highest BCUT2D eigenvalue weighted by Crippen LogP contribution is 2.11. The first-order chi connectivity index (χ1) is 13.6. The van der Waals surface area contributed by atoms with E-state index in [-0.39, 0.29) is 18.1 Å². The third kappa shape index (κ3) is 3.44. The zero-order valence-electron chi connectivity index (χ0n) is 15.5. The second-order valence-electron chi connectivity index (χ2n) is 6.59. The molecule has 0 aliphatic rings. The van der Waals surface area contributed by atoms with Crippen LogP contribution in [0.15, 0.2) is 88.8 Å². The second-order valence-corrected chi connectivity index (χ2v) is 6.59. The van der Waals surface area contributed by atoms with Crippen LogP contribution in [0.1, 0.15) is 5.56 Å². The zero-order valence-corrected chi connectivity index (χ0v) is 15.5. The largest absolute Gasteiger partial charge is 0.329 e. The van der Waals surface area contributed by atoms with Crippen LogP contribution in [0.3, 0.4) is 0 Å². The summed E-state index contributed by atoms with van der Waals surface area (Å²) in [4.78, 5) is 29.4. The van der Waals surface area contributed by atoms with Crippen LogP contribution in [-0.4, -0.2) is 19.6 Å². The van der Waals surface area contributed by atoms with Gasteiger partial charge in [0.15, 0.2) is 0 Å². The Balaban J connectivity index is 1.67. The fourth-order valence-electron chi connectivity index (χ4n) is 3.30. The van der Waals surface area contributed by atoms with E-state index in [0.29, 0.717) is 12.0 Å². The predicted molar refractivity (Wildman–Crippen MR) is 108 cm³/mol. The molecule has 0 aliphatic heterocycles. The van der Waals surface area contributed by atoms with Crippen LogP contribution in [-0.2, 0) is 24.9 Å². The Hall–Kier alpha value is -3.67. The number of hydrogen-bond acceptors (Lipinski definition) is 2. The number of carbonyl (C=O) groups excluding carboxylic acids is 1. The number of aryl methyl sites for hydroxylation is 1. The van der Waals surface area contributed by atoms with Crippen LogP contribution in [0.2, 0.25) is 0 Å². The van der Waals surface area contributed by atoms with E-state index >= 15 is 0 Å². The lowest BCUT2D eigenvalue weighted by Gasteiger charge is -2.07. The summed E-state index contributed by atoms with van der Waals surface area (Å²) >= 11 is 0. The normalized spacial score (nSPS) is 11.8. The fraction of sp³-hybridized carbons (Fsp3) is 0.136. The molecule has 0 saturated carbocycles. The van der Waals surface area contributed by atoms with Crippen LogP contribution in [0.25, 0.3) is 11.0 Å². The van der Waals surface area contributed by atoms with Gasteiger partial charge in [-0.3, -0.25) is 13.9 Å². The number of pyridine rings is 1. The van der Waals surface area contributed by atoms with Crippen molar-refractivity contribution in [3.05, 3.63) is 101 Å². The third-order valence-electron chi connectivity index (χ3n) is 4.70. The van der Waals surface area contributed by atoms with Crippen LogP contribution >= 0.6 is 0 Å². The van der Waals surface area contributed by atoms with E-state index in [2.05, 4.69) is 4.99 Å². The summed E-state index contributed by atoms with van der Waals surface area (Å²) in [5, 5.41) is 0. The molecular formula is C22H20N4O2. The Bertz CT molecular complexity index is 1260. The van der Waals surface area contributed by atoms with Gasteiger partial charge in [-0.1, -0.05) is 48.5 Å². The molecule has 0 atom stereocenters. The highest BCUT2D eigenvalue weighted by Gasteiger charge is 2.12. The molecule has 0 unspecified atom stereocenters. The fourth-order valence-corrected chi connectivity index (χ4v) is 3.30. The van der Waals surface area contributed by atoms with Crippen molar-refractivity contribution in [1.82, 2.24) is 13.7 Å². The van der Waals surface area contributed by atoms with E-state index in [1.807, 2.05) is 77.5 Å². The standard InChI is InChI=1S/C22H20N4O2/c1-24-18-11-5-6-12-19(18)26(22(24)28)16-21(27)23-20-13-7-8-14-25(20)15-17-9-3-2-4-10-17/h2-14H,15-16H2,1H3. The molecule has 2 aromatic heterocycles. The number of benzene rings is 2. The molecule has 1 amide bonds. The number of para-hydroxylation sites is 2. The van der Waals surface area contributed by atoms with Crippen molar-refractivity contribution in [2.45, 2.75) is 13.1 Å². The highest BCUT2D eigenvalue weighted by molar-refractivity contribution is 5.81. The van der Waals surface area contributed by atoms with Gasteiger partial charge in [0.1, 0.15) is 12.0 Å². The maximum atomic E-state index is 12.6. The molecule has 2 heterocycles. The quantitative estimate of drug-likeness (QED) is 0.552. The molecule has 6 heteroatoms. The van der Waals surface area contributed by atoms with Crippen LogP contribution in [0.4, 0.5) is 0 Å². The van der Waals surface area contributed by atoms with Crippen LogP contribution in [0, 0.1) is 0 Å². The molecule has 0 spiro atoms. The average Bonchev–Trinajstić information content (AvgIpc) is 2.95. The van der Waals surface area contributed by atoms with E-state index in [1.165, 1.54) is 4.57 Å². The van der Waals surface area contributed by atoms with E-state index in [1.54, 1.807) is 17.7 Å². The van der Waals surface area contributed by atoms with Gasteiger partial charge in [-0.05, 0) is 29.8 Å². The van der Waals surface area contributed by atoms with Gasteiger partial charge in [0.25, 0.3) is 5.91 Å². The van der Waals surface area contributed by atoms with Crippen molar-refractivity contribution >= 4 is 16.9 Å². The number of nitrogens with zero attached hydrogens (tertiary/aromatic N) is 4. The Kier molecular flexibility index (Phi) is 4.76. The van der Waals surface area contributed by atoms with Crippen molar-refractivity contribution in [3.8, 4) is 0 Å². The molecule has 4 aromatic rings. The van der Waals surface area contributed by atoms with Gasteiger partial charge < -0.3 is 4.57 Å². The first-order valence-electron chi connectivity index (χ1n) is 9.05. The molecule has 28 heavy (non-hydrogen) atoms. The molecule has 140 valence electrons. The molecule has 0 saturated heterocycles.